The standard InChI is InChI=1S/C21H26N2O4/c1-25-18-8-6-17(7-9-18)21(24)23-12-10-22(11-13-23)14-15-27-20-5-3-4-19(16-20)26-2/h3-9,16H,10-15H2,1-2H3. The zero-order chi connectivity index (χ0) is 19.1. The van der Waals surface area contributed by atoms with E-state index in [1.54, 1.807) is 14.2 Å². The highest BCUT2D eigenvalue weighted by Gasteiger charge is 2.22. The average Bonchev–Trinajstić information content (AvgIpc) is 2.74. The molecule has 1 heterocycles. The molecule has 1 aliphatic rings. The minimum atomic E-state index is 0.0740. The zero-order valence-corrected chi connectivity index (χ0v) is 15.9. The maximum atomic E-state index is 12.6. The smallest absolute Gasteiger partial charge is 0.253 e. The number of nitrogens with zero attached hydrogens (tertiary/aromatic N) is 2. The maximum absolute atomic E-state index is 12.6. The largest absolute Gasteiger partial charge is 0.497 e. The van der Waals surface area contributed by atoms with Crippen LogP contribution in [0.1, 0.15) is 10.4 Å². The van der Waals surface area contributed by atoms with Crippen LogP contribution in [0, 0.1) is 0 Å². The summed E-state index contributed by atoms with van der Waals surface area (Å²) in [6.07, 6.45) is 0. The van der Waals surface area contributed by atoms with E-state index in [4.69, 9.17) is 14.2 Å². The molecule has 0 bridgehead atoms. The summed E-state index contributed by atoms with van der Waals surface area (Å²) in [4.78, 5) is 16.8. The van der Waals surface area contributed by atoms with Gasteiger partial charge in [0.1, 0.15) is 23.9 Å². The van der Waals surface area contributed by atoms with Gasteiger partial charge in [-0.3, -0.25) is 9.69 Å². The number of methoxy groups -OCH3 is 2. The number of ether oxygens (including phenoxy) is 3. The van der Waals surface area contributed by atoms with Crippen LogP contribution in [-0.4, -0.2) is 69.3 Å². The van der Waals surface area contributed by atoms with E-state index in [9.17, 15) is 4.79 Å². The van der Waals surface area contributed by atoms with Crippen LogP contribution in [0.3, 0.4) is 0 Å². The van der Waals surface area contributed by atoms with Crippen molar-refractivity contribution in [2.75, 3.05) is 53.6 Å². The second-order valence-corrected chi connectivity index (χ2v) is 6.39. The maximum Gasteiger partial charge on any atom is 0.253 e. The molecule has 3 rings (SSSR count). The van der Waals surface area contributed by atoms with Crippen molar-refractivity contribution in [2.24, 2.45) is 0 Å². The van der Waals surface area contributed by atoms with Gasteiger partial charge in [-0.25, -0.2) is 0 Å². The predicted octanol–water partition coefficient (Wildman–Crippen LogP) is 2.54. The first-order chi connectivity index (χ1) is 13.2. The van der Waals surface area contributed by atoms with Gasteiger partial charge in [-0.05, 0) is 36.4 Å². The molecule has 2 aromatic rings. The van der Waals surface area contributed by atoms with E-state index in [0.717, 1.165) is 50.0 Å². The van der Waals surface area contributed by atoms with E-state index in [1.807, 2.05) is 53.4 Å². The van der Waals surface area contributed by atoms with Gasteiger partial charge in [0, 0.05) is 44.4 Å². The lowest BCUT2D eigenvalue weighted by Gasteiger charge is -2.34. The third-order valence-corrected chi connectivity index (χ3v) is 4.71. The summed E-state index contributed by atoms with van der Waals surface area (Å²) in [5.74, 6) is 2.43. The van der Waals surface area contributed by atoms with Crippen LogP contribution in [0.2, 0.25) is 0 Å². The van der Waals surface area contributed by atoms with Crippen LogP contribution in [0.15, 0.2) is 48.5 Å². The van der Waals surface area contributed by atoms with E-state index in [-0.39, 0.29) is 5.91 Å². The molecule has 1 aliphatic heterocycles. The molecule has 2 aromatic carbocycles. The fraction of sp³-hybridized carbons (Fsp3) is 0.381. The van der Waals surface area contributed by atoms with Gasteiger partial charge >= 0.3 is 0 Å². The number of amides is 1. The highest BCUT2D eigenvalue weighted by molar-refractivity contribution is 5.94. The van der Waals surface area contributed by atoms with Gasteiger partial charge in [-0.1, -0.05) is 6.07 Å². The normalized spacial score (nSPS) is 14.7. The van der Waals surface area contributed by atoms with Crippen molar-refractivity contribution in [1.82, 2.24) is 9.80 Å². The Morgan fingerprint density at radius 1 is 0.889 bits per heavy atom. The van der Waals surface area contributed by atoms with Gasteiger partial charge in [0.25, 0.3) is 5.91 Å². The van der Waals surface area contributed by atoms with Crippen molar-refractivity contribution < 1.29 is 19.0 Å². The van der Waals surface area contributed by atoms with Crippen LogP contribution in [0.4, 0.5) is 0 Å². The molecule has 27 heavy (non-hydrogen) atoms. The number of benzene rings is 2. The number of hydrogen-bond acceptors (Lipinski definition) is 5. The van der Waals surface area contributed by atoms with Crippen LogP contribution in [0.5, 0.6) is 17.2 Å². The summed E-state index contributed by atoms with van der Waals surface area (Å²) in [5.41, 5.74) is 0.700. The quantitative estimate of drug-likeness (QED) is 0.750. The molecule has 0 aromatic heterocycles. The molecule has 0 radical (unpaired) electrons. The zero-order valence-electron chi connectivity index (χ0n) is 15.9. The number of rotatable bonds is 7. The predicted molar refractivity (Wildman–Crippen MR) is 104 cm³/mol. The topological polar surface area (TPSA) is 51.2 Å². The SMILES string of the molecule is COc1ccc(C(=O)N2CCN(CCOc3cccc(OC)c3)CC2)cc1. The van der Waals surface area contributed by atoms with Crippen molar-refractivity contribution in [2.45, 2.75) is 0 Å². The minimum Gasteiger partial charge on any atom is -0.497 e. The van der Waals surface area contributed by atoms with Crippen LogP contribution in [0.25, 0.3) is 0 Å². The molecule has 0 aliphatic carbocycles. The van der Waals surface area contributed by atoms with E-state index in [0.29, 0.717) is 12.2 Å². The Kier molecular flexibility index (Phi) is 6.54. The van der Waals surface area contributed by atoms with Gasteiger partial charge in [0.2, 0.25) is 0 Å². The first-order valence-corrected chi connectivity index (χ1v) is 9.12. The Hall–Kier alpha value is -2.73. The number of carbonyl (C=O) groups is 1. The van der Waals surface area contributed by atoms with Gasteiger partial charge < -0.3 is 19.1 Å². The van der Waals surface area contributed by atoms with Crippen LogP contribution >= 0.6 is 0 Å². The summed E-state index contributed by atoms with van der Waals surface area (Å²) in [6, 6.07) is 14.9. The molecular weight excluding hydrogens is 344 g/mol. The second kappa shape index (κ2) is 9.28. The van der Waals surface area contributed by atoms with Crippen molar-refractivity contribution in [3.63, 3.8) is 0 Å². The molecule has 0 saturated carbocycles. The second-order valence-electron chi connectivity index (χ2n) is 6.39. The number of piperazine rings is 1. The third-order valence-electron chi connectivity index (χ3n) is 4.71. The summed E-state index contributed by atoms with van der Waals surface area (Å²) in [6.45, 7) is 4.60. The van der Waals surface area contributed by atoms with Crippen LogP contribution < -0.4 is 14.2 Å². The van der Waals surface area contributed by atoms with E-state index < -0.39 is 0 Å². The lowest BCUT2D eigenvalue weighted by molar-refractivity contribution is 0.0620. The van der Waals surface area contributed by atoms with Gasteiger partial charge in [0.05, 0.1) is 14.2 Å². The fourth-order valence-electron chi connectivity index (χ4n) is 3.07. The van der Waals surface area contributed by atoms with E-state index in [2.05, 4.69) is 4.90 Å². The highest BCUT2D eigenvalue weighted by Crippen LogP contribution is 2.19. The Morgan fingerprint density at radius 3 is 2.22 bits per heavy atom. The molecular formula is C21H26N2O4. The molecule has 1 fully saturated rings. The monoisotopic (exact) mass is 370 g/mol. The molecule has 6 nitrogen and oxygen atoms in total. The third kappa shape index (κ3) is 5.14. The van der Waals surface area contributed by atoms with E-state index >= 15 is 0 Å². The summed E-state index contributed by atoms with van der Waals surface area (Å²) < 4.78 is 16.1. The highest BCUT2D eigenvalue weighted by atomic mass is 16.5. The van der Waals surface area contributed by atoms with Crippen molar-refractivity contribution in [3.05, 3.63) is 54.1 Å². The van der Waals surface area contributed by atoms with Crippen molar-refractivity contribution in [3.8, 4) is 17.2 Å². The molecule has 144 valence electrons. The lowest BCUT2D eigenvalue weighted by atomic mass is 10.1. The van der Waals surface area contributed by atoms with Crippen LogP contribution in [-0.2, 0) is 0 Å². The average molecular weight is 370 g/mol. The molecule has 0 spiro atoms. The lowest BCUT2D eigenvalue weighted by Crippen LogP contribution is -2.49. The minimum absolute atomic E-state index is 0.0740. The van der Waals surface area contributed by atoms with Gasteiger partial charge in [-0.2, -0.15) is 0 Å². The number of hydrogen-bond donors (Lipinski definition) is 0. The Balaban J connectivity index is 1.42. The van der Waals surface area contributed by atoms with E-state index in [1.165, 1.54) is 0 Å². The van der Waals surface area contributed by atoms with Gasteiger partial charge in [0.15, 0.2) is 0 Å². The fourth-order valence-corrected chi connectivity index (χ4v) is 3.07. The molecule has 1 amide bonds. The first kappa shape index (κ1) is 19.0. The Bertz CT molecular complexity index is 740. The molecule has 6 heteroatoms. The summed E-state index contributed by atoms with van der Waals surface area (Å²) in [7, 11) is 3.26. The molecule has 0 atom stereocenters. The van der Waals surface area contributed by atoms with Gasteiger partial charge in [-0.15, -0.1) is 0 Å². The molecule has 1 saturated heterocycles. The summed E-state index contributed by atoms with van der Waals surface area (Å²) >= 11 is 0. The van der Waals surface area contributed by atoms with Crippen molar-refractivity contribution >= 4 is 5.91 Å². The first-order valence-electron chi connectivity index (χ1n) is 9.12. The Morgan fingerprint density at radius 2 is 1.56 bits per heavy atom. The molecule has 0 N–H and O–H groups in total. The number of carbonyl (C=O) groups excluding carboxylic acids is 1. The molecule has 0 unspecified atom stereocenters. The summed E-state index contributed by atoms with van der Waals surface area (Å²) in [5, 5.41) is 0. The van der Waals surface area contributed by atoms with Crippen molar-refractivity contribution in [1.29, 1.82) is 0 Å². The Labute approximate surface area is 160 Å².